The van der Waals surface area contributed by atoms with Gasteiger partial charge < -0.3 is 47.5 Å². The van der Waals surface area contributed by atoms with Crippen molar-refractivity contribution in [2.45, 2.75) is 206 Å². The molecule has 0 radical (unpaired) electrons. The van der Waals surface area contributed by atoms with Crippen molar-refractivity contribution in [2.24, 2.45) is 0 Å². The monoisotopic (exact) mass is 1240 g/mol. The molecule has 1 heterocycles. The van der Waals surface area contributed by atoms with Crippen LogP contribution >= 0.6 is 77.4 Å². The number of nitrogens with one attached hydrogen (secondary N) is 1. The number of phosphoric ester groups is 1. The number of alkyl carbamates (subject to hydrolysis) is 1. The van der Waals surface area contributed by atoms with Gasteiger partial charge in [-0.05, 0) is 43.5 Å². The van der Waals surface area contributed by atoms with Crippen LogP contribution in [0.5, 0.6) is 11.5 Å². The molecule has 1 saturated heterocycles. The molecule has 1 N–H and O–H groups in total. The minimum absolute atomic E-state index is 0.0246. The van der Waals surface area contributed by atoms with E-state index in [1.807, 2.05) is 0 Å². The number of carbonyl (C=O) groups is 4. The first-order chi connectivity index (χ1) is 37.3. The van der Waals surface area contributed by atoms with Crippen LogP contribution in [0.25, 0.3) is 0 Å². The summed E-state index contributed by atoms with van der Waals surface area (Å²) in [5, 5.41) is 2.54. The van der Waals surface area contributed by atoms with Crippen molar-refractivity contribution in [2.75, 3.05) is 26.4 Å². The third-order valence-corrected chi connectivity index (χ3v) is 14.2. The molecule has 0 bridgehead atoms. The van der Waals surface area contributed by atoms with E-state index in [2.05, 4.69) is 25.7 Å². The lowest BCUT2D eigenvalue weighted by molar-refractivity contribution is -0.268. The van der Waals surface area contributed by atoms with Gasteiger partial charge in [0.1, 0.15) is 55.7 Å². The van der Waals surface area contributed by atoms with Crippen molar-refractivity contribution >= 4 is 102 Å². The van der Waals surface area contributed by atoms with E-state index < -0.39 is 103 Å². The summed E-state index contributed by atoms with van der Waals surface area (Å²) in [5.74, 6) is -1.36. The fraction of sp³-hybridized carbons (Fsp3) is 0.673. The second-order valence-electron chi connectivity index (χ2n) is 19.0. The van der Waals surface area contributed by atoms with Crippen LogP contribution in [0.1, 0.15) is 162 Å². The lowest BCUT2D eigenvalue weighted by Gasteiger charge is -2.45. The number of hydrogen-bond acceptors (Lipinski definition) is 15. The van der Waals surface area contributed by atoms with Crippen LogP contribution in [0.3, 0.4) is 0 Å². The number of halogens is 6. The Bertz CT molecular complexity index is 1990. The first kappa shape index (κ1) is 69.4. The number of para-hydroxylation sites is 2. The van der Waals surface area contributed by atoms with Gasteiger partial charge in [0.15, 0.2) is 12.4 Å². The van der Waals surface area contributed by atoms with E-state index in [9.17, 15) is 19.2 Å². The lowest BCUT2D eigenvalue weighted by atomic mass is 9.96. The number of rotatable bonds is 40. The quantitative estimate of drug-likeness (QED) is 0.0165. The van der Waals surface area contributed by atoms with Gasteiger partial charge in [0.25, 0.3) is 0 Å². The average molecular weight is 1240 g/mol. The summed E-state index contributed by atoms with van der Waals surface area (Å²) in [4.78, 5) is 54.7. The summed E-state index contributed by atoms with van der Waals surface area (Å²) in [6, 6.07) is 14.1. The number of phosphoric acid groups is 1. The van der Waals surface area contributed by atoms with E-state index in [1.54, 1.807) is 36.4 Å². The number of amides is 1. The molecule has 23 heteroatoms. The molecule has 1 amide bonds. The lowest BCUT2D eigenvalue weighted by Crippen LogP contribution is -2.66. The molecule has 1 aliphatic heterocycles. The molecule has 442 valence electrons. The van der Waals surface area contributed by atoms with Crippen molar-refractivity contribution in [1.29, 1.82) is 0 Å². The summed E-state index contributed by atoms with van der Waals surface area (Å²) in [6.45, 7) is 5.61. The Kier molecular flexibility index (Phi) is 35.2. The second kappa shape index (κ2) is 39.5. The Hall–Kier alpha value is -2.89. The van der Waals surface area contributed by atoms with Crippen LogP contribution in [0, 0.1) is 0 Å². The van der Waals surface area contributed by atoms with Crippen molar-refractivity contribution < 1.29 is 70.5 Å². The topological polar surface area (TPSA) is 190 Å². The minimum atomic E-state index is -4.99. The highest BCUT2D eigenvalue weighted by molar-refractivity contribution is 7.49. The van der Waals surface area contributed by atoms with E-state index >= 15 is 4.57 Å². The molecular formula is C55H80Cl6NO15P. The fourth-order valence-electron chi connectivity index (χ4n) is 8.30. The summed E-state index contributed by atoms with van der Waals surface area (Å²) in [7, 11) is -4.99. The number of alkyl halides is 6. The standard InChI is InChI=1S/C55H80Cl6NO15P/c1-4-7-9-11-13-15-16-18-20-22-30-36-46(63)72-44(35-25-21-19-17-14-12-10-8-5-2)38-47(64)74-50-48(62-52(65)70-40-54(56,57)58)51(68-37-6-3)73-45(39-69-53(66)71-41-55(59,60)61)49(50)77-78(67,75-42-31-26-23-27-32-42)76-43-33-28-24-29-34-43/h6,23-24,26-29,31-34,44-45,48-51H,3-5,7-22,25,30,35-41H2,1-2H3,(H,62,65)/t44-,45-,48+,49-,50-,51+/m1/s1. The Labute approximate surface area is 491 Å². The first-order valence-electron chi connectivity index (χ1n) is 27.2. The van der Waals surface area contributed by atoms with Gasteiger partial charge in [-0.25, -0.2) is 14.2 Å². The third-order valence-electron chi connectivity index (χ3n) is 12.1. The Morgan fingerprint density at radius 1 is 0.654 bits per heavy atom. The zero-order valence-electron chi connectivity index (χ0n) is 45.0. The first-order valence-corrected chi connectivity index (χ1v) is 31.0. The summed E-state index contributed by atoms with van der Waals surface area (Å²) >= 11 is 35.2. The highest BCUT2D eigenvalue weighted by Crippen LogP contribution is 2.52. The van der Waals surface area contributed by atoms with Crippen LogP contribution in [0.2, 0.25) is 0 Å². The summed E-state index contributed by atoms with van der Waals surface area (Å²) in [5.41, 5.74) is 0. The molecule has 16 nitrogen and oxygen atoms in total. The number of unbranched alkanes of at least 4 members (excludes halogenated alkanes) is 18. The summed E-state index contributed by atoms with van der Waals surface area (Å²) in [6.07, 6.45) is 12.5. The molecule has 3 rings (SSSR count). The largest absolute Gasteiger partial charge is 0.588 e. The number of esters is 2. The molecule has 6 atom stereocenters. The van der Waals surface area contributed by atoms with Crippen molar-refractivity contribution in [3.05, 3.63) is 73.3 Å². The maximum atomic E-state index is 15.2. The second-order valence-corrected chi connectivity index (χ2v) is 25.5. The van der Waals surface area contributed by atoms with Crippen LogP contribution in [-0.2, 0) is 51.8 Å². The molecule has 2 aromatic carbocycles. The number of ether oxygens (including phenoxy) is 7. The maximum Gasteiger partial charge on any atom is 0.588 e. The van der Waals surface area contributed by atoms with E-state index in [-0.39, 0.29) is 24.5 Å². The zero-order valence-corrected chi connectivity index (χ0v) is 50.4. The normalized spacial score (nSPS) is 18.0. The van der Waals surface area contributed by atoms with Crippen LogP contribution in [-0.4, -0.2) is 94.9 Å². The van der Waals surface area contributed by atoms with Crippen LogP contribution in [0.4, 0.5) is 9.59 Å². The maximum absolute atomic E-state index is 15.2. The zero-order chi connectivity index (χ0) is 57.1. The Morgan fingerprint density at radius 3 is 1.64 bits per heavy atom. The molecule has 78 heavy (non-hydrogen) atoms. The number of benzene rings is 2. The van der Waals surface area contributed by atoms with E-state index in [4.69, 9.17) is 116 Å². The molecule has 0 unspecified atom stereocenters. The Balaban J connectivity index is 2.04. The molecule has 2 aromatic rings. The predicted octanol–water partition coefficient (Wildman–Crippen LogP) is 16.4. The highest BCUT2D eigenvalue weighted by atomic mass is 35.6. The van der Waals surface area contributed by atoms with Gasteiger partial charge in [-0.2, -0.15) is 0 Å². The molecule has 0 aliphatic carbocycles. The van der Waals surface area contributed by atoms with Gasteiger partial charge >= 0.3 is 32.0 Å². The van der Waals surface area contributed by atoms with E-state index in [1.165, 1.54) is 81.7 Å². The minimum Gasteiger partial charge on any atom is -0.462 e. The van der Waals surface area contributed by atoms with E-state index in [0.717, 1.165) is 64.2 Å². The van der Waals surface area contributed by atoms with Gasteiger partial charge in [-0.15, -0.1) is 6.58 Å². The molecular weight excluding hydrogens is 1160 g/mol. The number of hydrogen-bond donors (Lipinski definition) is 1. The van der Waals surface area contributed by atoms with Gasteiger partial charge in [0, 0.05) is 6.42 Å². The van der Waals surface area contributed by atoms with Crippen molar-refractivity contribution in [3.63, 3.8) is 0 Å². The average Bonchev–Trinajstić information content (AvgIpc) is 3.51. The molecule has 0 saturated carbocycles. The van der Waals surface area contributed by atoms with Crippen molar-refractivity contribution in [3.8, 4) is 11.5 Å². The predicted molar refractivity (Wildman–Crippen MR) is 305 cm³/mol. The molecule has 0 spiro atoms. The molecule has 1 fully saturated rings. The van der Waals surface area contributed by atoms with Crippen LogP contribution in [0.15, 0.2) is 73.3 Å². The fourth-order valence-corrected chi connectivity index (χ4v) is 10.1. The number of carbonyl (C=O) groups excluding carboxylic acids is 4. The molecule has 0 aromatic heterocycles. The SMILES string of the molecule is C=CCO[C@H]1O[C@H](COC(=O)OCC(Cl)(Cl)Cl)[C@@H](OP(=O)(Oc2ccccc2)Oc2ccccc2)[C@H](OC(=O)C[C@@H](CCCCCCCCCCC)OC(=O)CCCCCCCCCCCCC)[C@@H]1NC(=O)OCC(Cl)(Cl)Cl. The summed E-state index contributed by atoms with van der Waals surface area (Å²) < 4.78 is 69.6. The van der Waals surface area contributed by atoms with E-state index in [0.29, 0.717) is 19.3 Å². The smallest absolute Gasteiger partial charge is 0.462 e. The van der Waals surface area contributed by atoms with Gasteiger partial charge in [0.2, 0.25) is 7.59 Å². The molecule has 1 aliphatic rings. The Morgan fingerprint density at radius 2 is 1.14 bits per heavy atom. The van der Waals surface area contributed by atoms with Crippen molar-refractivity contribution in [1.82, 2.24) is 5.32 Å². The van der Waals surface area contributed by atoms with Gasteiger partial charge in [-0.1, -0.05) is 242 Å². The third kappa shape index (κ3) is 31.9. The van der Waals surface area contributed by atoms with Gasteiger partial charge in [-0.3, -0.25) is 14.1 Å². The van der Waals surface area contributed by atoms with Crippen LogP contribution < -0.4 is 14.4 Å². The van der Waals surface area contributed by atoms with Gasteiger partial charge in [0.05, 0.1) is 13.0 Å². The highest BCUT2D eigenvalue weighted by Gasteiger charge is 2.55.